The maximum atomic E-state index is 13.2. The molecule has 35 heavy (non-hydrogen) atoms. The first-order chi connectivity index (χ1) is 17.0. The molecular formula is C27H30N2O6. The summed E-state index contributed by atoms with van der Waals surface area (Å²) in [6.07, 6.45) is 2.47. The number of nitrogens with zero attached hydrogens (tertiary/aromatic N) is 1. The van der Waals surface area contributed by atoms with Crippen molar-refractivity contribution in [2.45, 2.75) is 56.2 Å². The van der Waals surface area contributed by atoms with Gasteiger partial charge in [-0.05, 0) is 41.5 Å². The molecule has 0 aromatic heterocycles. The Morgan fingerprint density at radius 3 is 2.23 bits per heavy atom. The molecule has 1 saturated heterocycles. The lowest BCUT2D eigenvalue weighted by Crippen LogP contribution is -2.53. The highest BCUT2D eigenvalue weighted by atomic mass is 16.6. The number of carboxylic acids is 1. The minimum absolute atomic E-state index is 0.0566. The minimum Gasteiger partial charge on any atom is -0.480 e. The second-order valence-electron chi connectivity index (χ2n) is 9.45. The lowest BCUT2D eigenvalue weighted by Gasteiger charge is -2.31. The molecule has 2 amide bonds. The molecule has 3 aliphatic rings. The molecular weight excluding hydrogens is 448 g/mol. The smallest absolute Gasteiger partial charge is 0.407 e. The van der Waals surface area contributed by atoms with Crippen molar-refractivity contribution in [2.24, 2.45) is 0 Å². The van der Waals surface area contributed by atoms with Crippen LogP contribution in [0.5, 0.6) is 0 Å². The van der Waals surface area contributed by atoms with E-state index in [4.69, 9.17) is 9.47 Å². The monoisotopic (exact) mass is 478 g/mol. The molecule has 5 rings (SSSR count). The van der Waals surface area contributed by atoms with E-state index in [1.54, 1.807) is 0 Å². The summed E-state index contributed by atoms with van der Waals surface area (Å²) in [6.45, 7) is 0.136. The van der Waals surface area contributed by atoms with Gasteiger partial charge < -0.3 is 24.8 Å². The van der Waals surface area contributed by atoms with Crippen LogP contribution in [0.15, 0.2) is 48.5 Å². The average Bonchev–Trinajstić information content (AvgIpc) is 3.60. The maximum absolute atomic E-state index is 13.2. The Labute approximate surface area is 204 Å². The van der Waals surface area contributed by atoms with Crippen LogP contribution >= 0.6 is 0 Å². The van der Waals surface area contributed by atoms with Crippen LogP contribution in [0.4, 0.5) is 4.79 Å². The van der Waals surface area contributed by atoms with E-state index in [0.717, 1.165) is 47.9 Å². The number of hydrogen-bond donors (Lipinski definition) is 2. The molecule has 1 saturated carbocycles. The van der Waals surface area contributed by atoms with Gasteiger partial charge in [-0.2, -0.15) is 0 Å². The van der Waals surface area contributed by atoms with Crippen molar-refractivity contribution >= 4 is 18.0 Å². The standard InChI is InChI=1S/C27H30N2O6/c30-24(31)15-29(17-7-1-2-8-17)26(32)25-23(13-14-34-25)28-27(33)35-16-22-20-11-5-3-9-18(20)19-10-4-6-12-21(19)22/h3-6,9-12,17,22-23,25H,1-2,7-8,13-16H2,(H,28,33)(H,30,31)/t23-,25+/m0/s1. The lowest BCUT2D eigenvalue weighted by molar-refractivity contribution is -0.151. The minimum atomic E-state index is -1.05. The predicted octanol–water partition coefficient (Wildman–Crippen LogP) is 3.54. The molecule has 0 unspecified atom stereocenters. The van der Waals surface area contributed by atoms with Crippen LogP contribution in [0.1, 0.15) is 49.1 Å². The zero-order valence-corrected chi connectivity index (χ0v) is 19.5. The maximum Gasteiger partial charge on any atom is 0.407 e. The molecule has 184 valence electrons. The highest BCUT2D eigenvalue weighted by molar-refractivity contribution is 5.86. The Balaban J connectivity index is 1.23. The van der Waals surface area contributed by atoms with Crippen molar-refractivity contribution in [3.63, 3.8) is 0 Å². The van der Waals surface area contributed by atoms with E-state index < -0.39 is 24.2 Å². The van der Waals surface area contributed by atoms with Crippen molar-refractivity contribution in [3.05, 3.63) is 59.7 Å². The SMILES string of the molecule is O=C(O)CN(C(=O)[C@@H]1OCC[C@@H]1NC(=O)OCC1c2ccccc2-c2ccccc21)C1CCCC1. The van der Waals surface area contributed by atoms with Gasteiger partial charge in [0.15, 0.2) is 6.10 Å². The van der Waals surface area contributed by atoms with Crippen LogP contribution in [0, 0.1) is 0 Å². The van der Waals surface area contributed by atoms with E-state index in [9.17, 15) is 19.5 Å². The van der Waals surface area contributed by atoms with Crippen LogP contribution in [-0.2, 0) is 19.1 Å². The number of ether oxygens (including phenoxy) is 2. The third kappa shape index (κ3) is 4.75. The topological polar surface area (TPSA) is 105 Å². The number of carboxylic acid groups (broad SMARTS) is 1. The number of benzene rings is 2. The summed E-state index contributed by atoms with van der Waals surface area (Å²) in [7, 11) is 0. The number of aliphatic carboxylic acids is 1. The van der Waals surface area contributed by atoms with Crippen molar-refractivity contribution in [1.29, 1.82) is 0 Å². The summed E-state index contributed by atoms with van der Waals surface area (Å²) < 4.78 is 11.3. The fourth-order valence-corrected chi connectivity index (χ4v) is 5.68. The Kier molecular flexibility index (Phi) is 6.72. The van der Waals surface area contributed by atoms with Gasteiger partial charge in [0.05, 0.1) is 6.04 Å². The molecule has 8 heteroatoms. The molecule has 1 aliphatic heterocycles. The predicted molar refractivity (Wildman–Crippen MR) is 128 cm³/mol. The van der Waals surface area contributed by atoms with Crippen LogP contribution in [0.25, 0.3) is 11.1 Å². The molecule has 2 atom stereocenters. The molecule has 0 bridgehead atoms. The van der Waals surface area contributed by atoms with Gasteiger partial charge in [0, 0.05) is 18.6 Å². The van der Waals surface area contributed by atoms with Crippen LogP contribution in [0.3, 0.4) is 0 Å². The summed E-state index contributed by atoms with van der Waals surface area (Å²) in [5, 5.41) is 12.1. The van der Waals surface area contributed by atoms with E-state index in [0.29, 0.717) is 13.0 Å². The summed E-state index contributed by atoms with van der Waals surface area (Å²) in [5.41, 5.74) is 4.55. The fourth-order valence-electron chi connectivity index (χ4n) is 5.68. The first kappa shape index (κ1) is 23.4. The van der Waals surface area contributed by atoms with Gasteiger partial charge >= 0.3 is 12.1 Å². The van der Waals surface area contributed by atoms with Crippen molar-refractivity contribution in [2.75, 3.05) is 19.8 Å². The van der Waals surface area contributed by atoms with Gasteiger partial charge in [0.1, 0.15) is 13.2 Å². The Morgan fingerprint density at radius 1 is 0.971 bits per heavy atom. The second-order valence-corrected chi connectivity index (χ2v) is 9.45. The summed E-state index contributed by atoms with van der Waals surface area (Å²) >= 11 is 0. The zero-order chi connectivity index (χ0) is 24.4. The summed E-state index contributed by atoms with van der Waals surface area (Å²) in [6, 6.07) is 15.6. The molecule has 0 radical (unpaired) electrons. The van der Waals surface area contributed by atoms with E-state index in [-0.39, 0.29) is 31.0 Å². The van der Waals surface area contributed by atoms with E-state index >= 15 is 0 Å². The Morgan fingerprint density at radius 2 is 1.60 bits per heavy atom. The number of nitrogens with one attached hydrogen (secondary N) is 1. The van der Waals surface area contributed by atoms with E-state index in [1.807, 2.05) is 24.3 Å². The van der Waals surface area contributed by atoms with Gasteiger partial charge in [0.2, 0.25) is 0 Å². The number of alkyl carbamates (subject to hydrolysis) is 1. The number of rotatable bonds is 7. The molecule has 2 aromatic rings. The summed E-state index contributed by atoms with van der Waals surface area (Å²) in [4.78, 5) is 38.8. The molecule has 2 fully saturated rings. The number of hydrogen-bond acceptors (Lipinski definition) is 5. The van der Waals surface area contributed by atoms with Crippen LogP contribution < -0.4 is 5.32 Å². The second kappa shape index (κ2) is 10.1. The molecule has 2 N–H and O–H groups in total. The highest BCUT2D eigenvalue weighted by Gasteiger charge is 2.41. The van der Waals surface area contributed by atoms with Gasteiger partial charge in [-0.3, -0.25) is 9.59 Å². The Bertz CT molecular complexity index is 1070. The van der Waals surface area contributed by atoms with Crippen LogP contribution in [0.2, 0.25) is 0 Å². The van der Waals surface area contributed by atoms with Crippen molar-refractivity contribution in [3.8, 4) is 11.1 Å². The first-order valence-electron chi connectivity index (χ1n) is 12.3. The third-order valence-corrected chi connectivity index (χ3v) is 7.34. The fraction of sp³-hybridized carbons (Fsp3) is 0.444. The molecule has 0 spiro atoms. The van der Waals surface area contributed by atoms with E-state index in [1.165, 1.54) is 4.90 Å². The van der Waals surface area contributed by atoms with E-state index in [2.05, 4.69) is 29.6 Å². The third-order valence-electron chi connectivity index (χ3n) is 7.34. The average molecular weight is 479 g/mol. The molecule has 2 aromatic carbocycles. The quantitative estimate of drug-likeness (QED) is 0.631. The van der Waals surface area contributed by atoms with Crippen molar-refractivity contribution < 1.29 is 29.0 Å². The molecule has 1 heterocycles. The van der Waals surface area contributed by atoms with Crippen LogP contribution in [-0.4, -0.2) is 65.9 Å². The largest absolute Gasteiger partial charge is 0.480 e. The highest BCUT2D eigenvalue weighted by Crippen LogP contribution is 2.44. The molecule has 8 nitrogen and oxygen atoms in total. The number of amides is 2. The van der Waals surface area contributed by atoms with Gasteiger partial charge in [-0.25, -0.2) is 4.79 Å². The zero-order valence-electron chi connectivity index (χ0n) is 19.5. The van der Waals surface area contributed by atoms with Crippen molar-refractivity contribution in [1.82, 2.24) is 10.2 Å². The van der Waals surface area contributed by atoms with Gasteiger partial charge in [-0.15, -0.1) is 0 Å². The number of carbonyl (C=O) groups is 3. The Hall–Kier alpha value is -3.39. The summed E-state index contributed by atoms with van der Waals surface area (Å²) in [5.74, 6) is -1.48. The van der Waals surface area contributed by atoms with Gasteiger partial charge in [0.25, 0.3) is 5.91 Å². The first-order valence-corrected chi connectivity index (χ1v) is 12.3. The number of fused-ring (bicyclic) bond motifs is 3. The number of carbonyl (C=O) groups excluding carboxylic acids is 2. The normalized spacial score (nSPS) is 21.4. The lowest BCUT2D eigenvalue weighted by atomic mass is 9.98. The van der Waals surface area contributed by atoms with Gasteiger partial charge in [-0.1, -0.05) is 61.4 Å². The molecule has 2 aliphatic carbocycles.